The Hall–Kier alpha value is -3.47. The third-order valence-corrected chi connectivity index (χ3v) is 3.99. The van der Waals surface area contributed by atoms with Crippen molar-refractivity contribution in [1.82, 2.24) is 10.3 Å². The fourth-order valence-electron chi connectivity index (χ4n) is 2.58. The van der Waals surface area contributed by atoms with E-state index < -0.39 is 0 Å². The fraction of sp³-hybridized carbons (Fsp3) is 0.0952. The first-order valence-electron chi connectivity index (χ1n) is 8.31. The molecule has 0 saturated carbocycles. The van der Waals surface area contributed by atoms with E-state index in [1.165, 1.54) is 6.20 Å². The van der Waals surface area contributed by atoms with E-state index in [0.29, 0.717) is 16.8 Å². The Bertz CT molecular complexity index is 895. The Kier molecular flexibility index (Phi) is 5.39. The number of nitrogens with zero attached hydrogens (tertiary/aromatic N) is 1. The summed E-state index contributed by atoms with van der Waals surface area (Å²) in [7, 11) is 0. The Morgan fingerprint density at radius 2 is 1.62 bits per heavy atom. The van der Waals surface area contributed by atoms with Gasteiger partial charge in [-0.1, -0.05) is 42.5 Å². The molecule has 0 fully saturated rings. The van der Waals surface area contributed by atoms with Crippen LogP contribution in [0, 0.1) is 0 Å². The van der Waals surface area contributed by atoms with E-state index in [0.717, 1.165) is 5.56 Å². The molecule has 0 saturated heterocycles. The van der Waals surface area contributed by atoms with Crippen LogP contribution >= 0.6 is 0 Å². The highest BCUT2D eigenvalue weighted by atomic mass is 16.2. The van der Waals surface area contributed by atoms with Crippen LogP contribution in [0.15, 0.2) is 79.1 Å². The van der Waals surface area contributed by atoms with Gasteiger partial charge in [0.1, 0.15) is 0 Å². The van der Waals surface area contributed by atoms with Gasteiger partial charge in [0, 0.05) is 12.4 Å². The second-order valence-corrected chi connectivity index (χ2v) is 5.85. The van der Waals surface area contributed by atoms with Crippen molar-refractivity contribution in [2.75, 3.05) is 5.32 Å². The van der Waals surface area contributed by atoms with Gasteiger partial charge >= 0.3 is 0 Å². The number of carbonyl (C=O) groups excluding carboxylic acids is 2. The fourth-order valence-corrected chi connectivity index (χ4v) is 2.58. The minimum Gasteiger partial charge on any atom is -0.345 e. The molecular weight excluding hydrogens is 326 g/mol. The van der Waals surface area contributed by atoms with Crippen molar-refractivity contribution in [2.45, 2.75) is 13.0 Å². The lowest BCUT2D eigenvalue weighted by Crippen LogP contribution is -2.28. The highest BCUT2D eigenvalue weighted by Gasteiger charge is 2.16. The van der Waals surface area contributed by atoms with Gasteiger partial charge in [-0.15, -0.1) is 0 Å². The van der Waals surface area contributed by atoms with Crippen LogP contribution in [0.1, 0.15) is 39.2 Å². The van der Waals surface area contributed by atoms with E-state index in [2.05, 4.69) is 15.6 Å². The second kappa shape index (κ2) is 8.07. The summed E-state index contributed by atoms with van der Waals surface area (Å²) >= 11 is 0. The lowest BCUT2D eigenvalue weighted by molar-refractivity contribution is 0.0941. The maximum Gasteiger partial charge on any atom is 0.257 e. The van der Waals surface area contributed by atoms with Gasteiger partial charge in [0.2, 0.25) is 0 Å². The van der Waals surface area contributed by atoms with Gasteiger partial charge in [-0.05, 0) is 36.8 Å². The van der Waals surface area contributed by atoms with Crippen molar-refractivity contribution in [1.29, 1.82) is 0 Å². The molecule has 26 heavy (non-hydrogen) atoms. The van der Waals surface area contributed by atoms with Gasteiger partial charge in [0.25, 0.3) is 11.8 Å². The predicted octanol–water partition coefficient (Wildman–Crippen LogP) is 3.82. The summed E-state index contributed by atoms with van der Waals surface area (Å²) in [5.41, 5.74) is 2.31. The van der Waals surface area contributed by atoms with Crippen molar-refractivity contribution in [3.63, 3.8) is 0 Å². The lowest BCUT2D eigenvalue weighted by Gasteiger charge is -2.16. The maximum atomic E-state index is 12.7. The van der Waals surface area contributed by atoms with Crippen molar-refractivity contribution in [3.05, 3.63) is 95.8 Å². The van der Waals surface area contributed by atoms with E-state index in [4.69, 9.17) is 0 Å². The number of carbonyl (C=O) groups is 2. The van der Waals surface area contributed by atoms with Crippen LogP contribution in [0.2, 0.25) is 0 Å². The first-order chi connectivity index (χ1) is 12.6. The molecule has 0 radical (unpaired) electrons. The number of hydrogen-bond acceptors (Lipinski definition) is 3. The molecule has 0 spiro atoms. The second-order valence-electron chi connectivity index (χ2n) is 5.85. The quantitative estimate of drug-likeness (QED) is 0.738. The van der Waals surface area contributed by atoms with Gasteiger partial charge in [0.05, 0.1) is 22.9 Å². The van der Waals surface area contributed by atoms with Crippen LogP contribution in [0.4, 0.5) is 5.69 Å². The van der Waals surface area contributed by atoms with E-state index >= 15 is 0 Å². The molecule has 2 amide bonds. The highest BCUT2D eigenvalue weighted by molar-refractivity contribution is 6.08. The highest BCUT2D eigenvalue weighted by Crippen LogP contribution is 2.18. The molecule has 1 heterocycles. The van der Waals surface area contributed by atoms with E-state index in [9.17, 15) is 9.59 Å². The average Bonchev–Trinajstić information content (AvgIpc) is 2.69. The minimum absolute atomic E-state index is 0.147. The molecule has 130 valence electrons. The molecule has 1 atom stereocenters. The van der Waals surface area contributed by atoms with Crippen molar-refractivity contribution >= 4 is 17.5 Å². The molecule has 2 N–H and O–H groups in total. The Labute approximate surface area is 152 Å². The zero-order valence-corrected chi connectivity index (χ0v) is 14.3. The zero-order valence-electron chi connectivity index (χ0n) is 14.3. The molecule has 0 aliphatic carbocycles. The number of benzene rings is 2. The summed E-state index contributed by atoms with van der Waals surface area (Å²) in [6.45, 7) is 1.92. The lowest BCUT2D eigenvalue weighted by atomic mass is 10.1. The molecule has 1 aromatic heterocycles. The van der Waals surface area contributed by atoms with Crippen LogP contribution in [-0.4, -0.2) is 16.8 Å². The first kappa shape index (κ1) is 17.4. The van der Waals surface area contributed by atoms with Crippen molar-refractivity contribution in [2.24, 2.45) is 0 Å². The monoisotopic (exact) mass is 345 g/mol. The Morgan fingerprint density at radius 3 is 2.35 bits per heavy atom. The van der Waals surface area contributed by atoms with Crippen LogP contribution in [0.25, 0.3) is 0 Å². The predicted molar refractivity (Wildman–Crippen MR) is 101 cm³/mol. The molecule has 3 aromatic rings. The van der Waals surface area contributed by atoms with Crippen molar-refractivity contribution < 1.29 is 9.59 Å². The summed E-state index contributed by atoms with van der Waals surface area (Å²) < 4.78 is 0. The molecule has 5 heteroatoms. The van der Waals surface area contributed by atoms with E-state index in [1.807, 2.05) is 37.3 Å². The molecule has 0 bridgehead atoms. The third kappa shape index (κ3) is 4.13. The molecule has 0 aliphatic rings. The number of hydrogen-bond donors (Lipinski definition) is 2. The Balaban J connectivity index is 1.76. The number of anilines is 1. The summed E-state index contributed by atoms with van der Waals surface area (Å²) in [5.74, 6) is -0.558. The number of aromatic nitrogens is 1. The summed E-state index contributed by atoms with van der Waals surface area (Å²) in [5, 5.41) is 5.74. The van der Waals surface area contributed by atoms with Crippen LogP contribution in [0.5, 0.6) is 0 Å². The smallest absolute Gasteiger partial charge is 0.257 e. The van der Waals surface area contributed by atoms with Crippen molar-refractivity contribution in [3.8, 4) is 0 Å². The average molecular weight is 345 g/mol. The maximum absolute atomic E-state index is 12.7. The molecule has 5 nitrogen and oxygen atoms in total. The number of rotatable bonds is 5. The third-order valence-electron chi connectivity index (χ3n) is 3.99. The van der Waals surface area contributed by atoms with Gasteiger partial charge in [0.15, 0.2) is 0 Å². The Morgan fingerprint density at radius 1 is 0.885 bits per heavy atom. The van der Waals surface area contributed by atoms with E-state index in [1.54, 1.807) is 42.6 Å². The molecule has 2 aromatic carbocycles. The molecule has 0 unspecified atom stereocenters. The minimum atomic E-state index is -0.311. The summed E-state index contributed by atoms with van der Waals surface area (Å²) in [6.07, 6.45) is 3.08. The summed E-state index contributed by atoms with van der Waals surface area (Å²) in [6, 6.07) is 19.9. The zero-order chi connectivity index (χ0) is 18.4. The number of para-hydroxylation sites is 1. The number of amides is 2. The number of pyridine rings is 1. The normalized spacial score (nSPS) is 11.4. The SMILES string of the molecule is C[C@H](NC(=O)c1ccccc1NC(=O)c1cccnc1)c1ccccc1. The molecular formula is C21H19N3O2. The van der Waals surface area contributed by atoms with Gasteiger partial charge in [-0.25, -0.2) is 0 Å². The van der Waals surface area contributed by atoms with Crippen LogP contribution < -0.4 is 10.6 Å². The van der Waals surface area contributed by atoms with Gasteiger partial charge in [-0.2, -0.15) is 0 Å². The van der Waals surface area contributed by atoms with E-state index in [-0.39, 0.29) is 17.9 Å². The topological polar surface area (TPSA) is 71.1 Å². The largest absolute Gasteiger partial charge is 0.345 e. The molecule has 3 rings (SSSR count). The van der Waals surface area contributed by atoms with Gasteiger partial charge < -0.3 is 10.6 Å². The first-order valence-corrected chi connectivity index (χ1v) is 8.31. The summed E-state index contributed by atoms with van der Waals surface area (Å²) in [4.78, 5) is 29.0. The number of nitrogens with one attached hydrogen (secondary N) is 2. The molecule has 0 aliphatic heterocycles. The van der Waals surface area contributed by atoms with Crippen LogP contribution in [0.3, 0.4) is 0 Å². The van der Waals surface area contributed by atoms with Gasteiger partial charge in [-0.3, -0.25) is 14.6 Å². The van der Waals surface area contributed by atoms with Crippen LogP contribution in [-0.2, 0) is 0 Å². The standard InChI is InChI=1S/C21H19N3O2/c1-15(16-8-3-2-4-9-16)23-21(26)18-11-5-6-12-19(18)24-20(25)17-10-7-13-22-14-17/h2-15H,1H3,(H,23,26)(H,24,25)/t15-/m0/s1.